The molecule has 0 unspecified atom stereocenters. The summed E-state index contributed by atoms with van der Waals surface area (Å²) < 4.78 is 57.5. The summed E-state index contributed by atoms with van der Waals surface area (Å²) in [6.45, 7) is 0.898. The second-order valence-corrected chi connectivity index (χ2v) is 8.22. The monoisotopic (exact) mass is 403 g/mol. The van der Waals surface area contributed by atoms with Crippen LogP contribution < -0.4 is 9.47 Å². The third-order valence-electron chi connectivity index (χ3n) is 4.34. The average Bonchev–Trinajstić information content (AvgIpc) is 3.22. The summed E-state index contributed by atoms with van der Waals surface area (Å²) in [6, 6.07) is 13.7. The second kappa shape index (κ2) is 7.65. The molecular weight excluding hydrogens is 385 g/mol. The number of hydrogen-bond donors (Lipinski definition) is 0. The highest BCUT2D eigenvalue weighted by molar-refractivity contribution is 7.89. The zero-order valence-corrected chi connectivity index (χ0v) is 15.7. The van der Waals surface area contributed by atoms with Gasteiger partial charge in [0.1, 0.15) is 24.8 Å². The van der Waals surface area contributed by atoms with E-state index in [0.717, 1.165) is 0 Å². The first-order valence-corrected chi connectivity index (χ1v) is 10.1. The lowest BCUT2D eigenvalue weighted by Gasteiger charge is -2.23. The highest BCUT2D eigenvalue weighted by Crippen LogP contribution is 2.33. The normalized spacial score (nSPS) is 13.6. The maximum absolute atomic E-state index is 13.3. The summed E-state index contributed by atoms with van der Waals surface area (Å²) in [5.41, 5.74) is 0.661. The lowest BCUT2D eigenvalue weighted by molar-refractivity contribution is 0.171. The van der Waals surface area contributed by atoms with Crippen molar-refractivity contribution < 1.29 is 26.7 Å². The van der Waals surface area contributed by atoms with Crippen LogP contribution in [0.15, 0.2) is 70.2 Å². The molecule has 4 rings (SSSR count). The van der Waals surface area contributed by atoms with Crippen molar-refractivity contribution in [2.45, 2.75) is 18.0 Å². The van der Waals surface area contributed by atoms with Crippen LogP contribution in [0, 0.1) is 5.82 Å². The minimum atomic E-state index is -3.87. The molecule has 0 saturated heterocycles. The summed E-state index contributed by atoms with van der Waals surface area (Å²) in [7, 11) is -3.87. The van der Waals surface area contributed by atoms with Gasteiger partial charge in [0.25, 0.3) is 0 Å². The first kappa shape index (κ1) is 18.5. The number of nitrogens with zero attached hydrogens (tertiary/aromatic N) is 1. The molecule has 1 aliphatic heterocycles. The van der Waals surface area contributed by atoms with Gasteiger partial charge < -0.3 is 13.9 Å². The Hall–Kier alpha value is -2.84. The Balaban J connectivity index is 1.68. The van der Waals surface area contributed by atoms with Gasteiger partial charge in [-0.05, 0) is 42.0 Å². The minimum Gasteiger partial charge on any atom is -0.486 e. The van der Waals surface area contributed by atoms with Crippen LogP contribution in [0.3, 0.4) is 0 Å². The maximum Gasteiger partial charge on any atom is 0.243 e. The second-order valence-electron chi connectivity index (χ2n) is 6.28. The smallest absolute Gasteiger partial charge is 0.243 e. The Kier molecular flexibility index (Phi) is 5.06. The van der Waals surface area contributed by atoms with Crippen molar-refractivity contribution in [2.24, 2.45) is 0 Å². The van der Waals surface area contributed by atoms with E-state index >= 15 is 0 Å². The predicted octanol–water partition coefficient (Wildman–Crippen LogP) is 3.58. The van der Waals surface area contributed by atoms with Gasteiger partial charge in [-0.25, -0.2) is 12.8 Å². The van der Waals surface area contributed by atoms with Crippen molar-refractivity contribution in [3.8, 4) is 11.5 Å². The third kappa shape index (κ3) is 3.88. The molecule has 1 aliphatic rings. The van der Waals surface area contributed by atoms with Gasteiger partial charge in [0.05, 0.1) is 17.7 Å². The molecule has 6 nitrogen and oxygen atoms in total. The van der Waals surface area contributed by atoms with Gasteiger partial charge >= 0.3 is 0 Å². The van der Waals surface area contributed by atoms with Crippen molar-refractivity contribution in [3.63, 3.8) is 0 Å². The fraction of sp³-hybridized carbons (Fsp3) is 0.200. The number of sulfonamides is 1. The lowest BCUT2D eigenvalue weighted by Crippen LogP contribution is -2.30. The van der Waals surface area contributed by atoms with E-state index in [-0.39, 0.29) is 23.8 Å². The molecular formula is C20H18FNO5S. The SMILES string of the molecule is O=S(=O)(c1ccc2c(c1)OCCO2)N(Cc1ccc(F)cc1)Cc1ccco1. The molecule has 2 aromatic carbocycles. The van der Waals surface area contributed by atoms with Crippen LogP contribution in [0.2, 0.25) is 0 Å². The number of ether oxygens (including phenoxy) is 2. The van der Waals surface area contributed by atoms with Gasteiger partial charge in [-0.15, -0.1) is 0 Å². The van der Waals surface area contributed by atoms with Gasteiger partial charge in [-0.3, -0.25) is 0 Å². The van der Waals surface area contributed by atoms with Crippen molar-refractivity contribution in [1.82, 2.24) is 4.31 Å². The molecule has 3 aromatic rings. The van der Waals surface area contributed by atoms with E-state index in [1.54, 1.807) is 30.3 Å². The summed E-state index contributed by atoms with van der Waals surface area (Å²) in [4.78, 5) is 0.0883. The van der Waals surface area contributed by atoms with E-state index in [2.05, 4.69) is 0 Å². The Labute approximate surface area is 162 Å². The van der Waals surface area contributed by atoms with Crippen LogP contribution in [-0.2, 0) is 23.1 Å². The van der Waals surface area contributed by atoms with Crippen LogP contribution in [0.4, 0.5) is 4.39 Å². The van der Waals surface area contributed by atoms with Crippen molar-refractivity contribution >= 4 is 10.0 Å². The van der Waals surface area contributed by atoms with Crippen LogP contribution in [-0.4, -0.2) is 25.9 Å². The highest BCUT2D eigenvalue weighted by Gasteiger charge is 2.27. The zero-order valence-electron chi connectivity index (χ0n) is 14.9. The first-order valence-electron chi connectivity index (χ1n) is 8.69. The van der Waals surface area contributed by atoms with Crippen LogP contribution >= 0.6 is 0 Å². The summed E-state index contributed by atoms with van der Waals surface area (Å²) in [6.07, 6.45) is 1.49. The summed E-state index contributed by atoms with van der Waals surface area (Å²) in [5.74, 6) is 1.03. The Morgan fingerprint density at radius 2 is 1.68 bits per heavy atom. The molecule has 8 heteroatoms. The molecule has 0 amide bonds. The molecule has 0 atom stereocenters. The number of fused-ring (bicyclic) bond motifs is 1. The lowest BCUT2D eigenvalue weighted by atomic mass is 10.2. The summed E-state index contributed by atoms with van der Waals surface area (Å²) >= 11 is 0. The zero-order chi connectivity index (χ0) is 19.6. The van der Waals surface area contributed by atoms with Crippen molar-refractivity contribution in [3.05, 3.63) is 78.0 Å². The van der Waals surface area contributed by atoms with E-state index < -0.39 is 10.0 Å². The third-order valence-corrected chi connectivity index (χ3v) is 6.12. The van der Waals surface area contributed by atoms with Crippen LogP contribution in [0.5, 0.6) is 11.5 Å². The van der Waals surface area contributed by atoms with E-state index in [9.17, 15) is 12.8 Å². The molecule has 0 aliphatic carbocycles. The Morgan fingerprint density at radius 3 is 2.39 bits per heavy atom. The van der Waals surface area contributed by atoms with E-state index in [1.165, 1.54) is 34.8 Å². The molecule has 0 bridgehead atoms. The molecule has 2 heterocycles. The van der Waals surface area contributed by atoms with Crippen LogP contribution in [0.25, 0.3) is 0 Å². The fourth-order valence-electron chi connectivity index (χ4n) is 2.93. The number of benzene rings is 2. The van der Waals surface area contributed by atoms with Gasteiger partial charge in [-0.1, -0.05) is 12.1 Å². The van der Waals surface area contributed by atoms with Gasteiger partial charge in [-0.2, -0.15) is 4.31 Å². The van der Waals surface area contributed by atoms with Gasteiger partial charge in [0.15, 0.2) is 11.5 Å². The first-order chi connectivity index (χ1) is 13.5. The highest BCUT2D eigenvalue weighted by atomic mass is 32.2. The minimum absolute atomic E-state index is 0.0428. The molecule has 146 valence electrons. The van der Waals surface area contributed by atoms with E-state index in [0.29, 0.717) is 36.0 Å². The Bertz CT molecular complexity index is 1050. The van der Waals surface area contributed by atoms with Gasteiger partial charge in [0, 0.05) is 12.6 Å². The van der Waals surface area contributed by atoms with E-state index in [4.69, 9.17) is 13.9 Å². The molecule has 0 N–H and O–H groups in total. The molecule has 1 aromatic heterocycles. The predicted molar refractivity (Wildman–Crippen MR) is 99.0 cm³/mol. The molecule has 28 heavy (non-hydrogen) atoms. The Morgan fingerprint density at radius 1 is 0.929 bits per heavy atom. The van der Waals surface area contributed by atoms with Crippen molar-refractivity contribution in [1.29, 1.82) is 0 Å². The topological polar surface area (TPSA) is 69.0 Å². The number of hydrogen-bond acceptors (Lipinski definition) is 5. The number of rotatable bonds is 6. The number of furan rings is 1. The summed E-state index contributed by atoms with van der Waals surface area (Å²) in [5, 5.41) is 0. The largest absolute Gasteiger partial charge is 0.486 e. The van der Waals surface area contributed by atoms with Gasteiger partial charge in [0.2, 0.25) is 10.0 Å². The molecule has 0 spiro atoms. The average molecular weight is 403 g/mol. The van der Waals surface area contributed by atoms with Crippen LogP contribution in [0.1, 0.15) is 11.3 Å². The maximum atomic E-state index is 13.3. The standard InChI is InChI=1S/C20H18FNO5S/c21-16-5-3-15(4-6-16)13-22(14-17-2-1-9-25-17)28(23,24)18-7-8-19-20(12-18)27-11-10-26-19/h1-9,12H,10-11,13-14H2. The quantitative estimate of drug-likeness (QED) is 0.629. The van der Waals surface area contributed by atoms with Crippen molar-refractivity contribution in [2.75, 3.05) is 13.2 Å². The van der Waals surface area contributed by atoms with E-state index in [1.807, 2.05) is 0 Å². The fourth-order valence-corrected chi connectivity index (χ4v) is 4.34. The molecule has 0 saturated carbocycles. The number of halogens is 1. The molecule has 0 fully saturated rings. The molecule has 0 radical (unpaired) electrons.